The van der Waals surface area contributed by atoms with Crippen molar-refractivity contribution in [3.05, 3.63) is 96.3 Å². The number of ether oxygens (including phenoxy) is 1. The number of likely N-dealkylation sites (N-methyl/N-ethyl adjacent to an activating group) is 1. The van der Waals surface area contributed by atoms with Gasteiger partial charge in [0.25, 0.3) is 5.91 Å². The molecule has 1 atom stereocenters. The normalized spacial score (nSPS) is 11.6. The number of benzene rings is 3. The van der Waals surface area contributed by atoms with E-state index in [1.807, 2.05) is 36.4 Å². The minimum Gasteiger partial charge on any atom is -0.447 e. The third-order valence-corrected chi connectivity index (χ3v) is 6.00. The predicted molar refractivity (Wildman–Crippen MR) is 131 cm³/mol. The Labute approximate surface area is 206 Å². The van der Waals surface area contributed by atoms with Gasteiger partial charge in [0.2, 0.25) is 6.10 Å². The molecule has 1 aromatic heterocycles. The summed E-state index contributed by atoms with van der Waals surface area (Å²) in [6.07, 6.45) is -1.06. The molecule has 0 aliphatic carbocycles. The van der Waals surface area contributed by atoms with E-state index in [1.165, 1.54) is 11.0 Å². The summed E-state index contributed by atoms with van der Waals surface area (Å²) in [7, 11) is 3.21. The molecule has 7 nitrogen and oxygen atoms in total. The quantitative estimate of drug-likeness (QED) is 0.267. The molecule has 1 heterocycles. The summed E-state index contributed by atoms with van der Waals surface area (Å²) in [5, 5.41) is 8.80. The van der Waals surface area contributed by atoms with Crippen LogP contribution in [0.1, 0.15) is 11.7 Å². The SMILES string of the molecule is CN(C)C(=O)C(OC(=O)CSc1nnc(-c2ccccc2F)n1-c1ccccc1)c1ccccc1. The molecule has 1 amide bonds. The van der Waals surface area contributed by atoms with Crippen LogP contribution in [0.5, 0.6) is 0 Å². The van der Waals surface area contributed by atoms with E-state index in [1.54, 1.807) is 61.1 Å². The Hall–Kier alpha value is -3.98. The molecule has 1 unspecified atom stereocenters. The molecule has 0 fully saturated rings. The summed E-state index contributed by atoms with van der Waals surface area (Å²) in [4.78, 5) is 26.8. The highest BCUT2D eigenvalue weighted by Gasteiger charge is 2.27. The number of esters is 1. The van der Waals surface area contributed by atoms with E-state index in [-0.39, 0.29) is 11.7 Å². The van der Waals surface area contributed by atoms with E-state index in [0.717, 1.165) is 17.4 Å². The molecule has 9 heteroatoms. The first-order valence-electron chi connectivity index (χ1n) is 10.8. The Kier molecular flexibility index (Phi) is 7.57. The van der Waals surface area contributed by atoms with E-state index < -0.39 is 17.9 Å². The van der Waals surface area contributed by atoms with Crippen LogP contribution in [-0.4, -0.2) is 51.4 Å². The highest BCUT2D eigenvalue weighted by molar-refractivity contribution is 7.99. The lowest BCUT2D eigenvalue weighted by Crippen LogP contribution is -2.31. The molecule has 3 aromatic carbocycles. The average Bonchev–Trinajstić information content (AvgIpc) is 3.30. The van der Waals surface area contributed by atoms with Crippen molar-refractivity contribution in [2.75, 3.05) is 19.8 Å². The third kappa shape index (κ3) is 5.58. The van der Waals surface area contributed by atoms with Crippen molar-refractivity contribution in [3.63, 3.8) is 0 Å². The molecule has 4 rings (SSSR count). The third-order valence-electron chi connectivity index (χ3n) is 5.10. The molecule has 0 aliphatic heterocycles. The standard InChI is InChI=1S/C26H23FN4O3S/c1-30(2)25(33)23(18-11-5-3-6-12-18)34-22(32)17-35-26-29-28-24(20-15-9-10-16-21(20)27)31(26)19-13-7-4-8-14-19/h3-16,23H,17H2,1-2H3. The lowest BCUT2D eigenvalue weighted by Gasteiger charge is -2.21. The first kappa shape index (κ1) is 24.2. The van der Waals surface area contributed by atoms with Crippen LogP contribution < -0.4 is 0 Å². The Morgan fingerprint density at radius 1 is 0.943 bits per heavy atom. The number of rotatable bonds is 8. The number of halogens is 1. The van der Waals surface area contributed by atoms with Crippen LogP contribution >= 0.6 is 11.8 Å². The van der Waals surface area contributed by atoms with E-state index in [0.29, 0.717) is 22.1 Å². The van der Waals surface area contributed by atoms with Crippen LogP contribution in [0.15, 0.2) is 90.1 Å². The van der Waals surface area contributed by atoms with Gasteiger partial charge in [0, 0.05) is 25.3 Å². The summed E-state index contributed by atoms with van der Waals surface area (Å²) in [6, 6.07) is 24.4. The van der Waals surface area contributed by atoms with Crippen molar-refractivity contribution in [1.82, 2.24) is 19.7 Å². The Morgan fingerprint density at radius 2 is 1.57 bits per heavy atom. The second-order valence-electron chi connectivity index (χ2n) is 7.76. The van der Waals surface area contributed by atoms with Crippen LogP contribution in [0, 0.1) is 5.82 Å². The van der Waals surface area contributed by atoms with Crippen LogP contribution in [0.3, 0.4) is 0 Å². The molecule has 0 saturated carbocycles. The minimum atomic E-state index is -1.06. The molecule has 0 spiro atoms. The van der Waals surface area contributed by atoms with Gasteiger partial charge in [0.1, 0.15) is 5.82 Å². The fraction of sp³-hybridized carbons (Fsp3) is 0.154. The summed E-state index contributed by atoms with van der Waals surface area (Å²) in [6.45, 7) is 0. The van der Waals surface area contributed by atoms with Crippen molar-refractivity contribution in [1.29, 1.82) is 0 Å². The highest BCUT2D eigenvalue weighted by atomic mass is 32.2. The van der Waals surface area contributed by atoms with Crippen molar-refractivity contribution in [2.45, 2.75) is 11.3 Å². The molecule has 0 bridgehead atoms. The largest absolute Gasteiger partial charge is 0.447 e. The number of nitrogens with zero attached hydrogens (tertiary/aromatic N) is 4. The maximum atomic E-state index is 14.5. The van der Waals surface area contributed by atoms with Gasteiger partial charge < -0.3 is 9.64 Å². The summed E-state index contributed by atoms with van der Waals surface area (Å²) < 4.78 is 21.8. The fourth-order valence-electron chi connectivity index (χ4n) is 3.40. The zero-order valence-corrected chi connectivity index (χ0v) is 20.0. The second-order valence-corrected chi connectivity index (χ2v) is 8.70. The molecule has 0 radical (unpaired) electrons. The van der Waals surface area contributed by atoms with Crippen LogP contribution in [0.25, 0.3) is 17.1 Å². The second kappa shape index (κ2) is 11.0. The zero-order chi connectivity index (χ0) is 24.8. The molecule has 0 saturated heterocycles. The number of carbonyl (C=O) groups excluding carboxylic acids is 2. The molecule has 4 aromatic rings. The number of hydrogen-bond acceptors (Lipinski definition) is 6. The number of carbonyl (C=O) groups is 2. The van der Waals surface area contributed by atoms with Gasteiger partial charge in [-0.3, -0.25) is 14.2 Å². The smallest absolute Gasteiger partial charge is 0.317 e. The Balaban J connectivity index is 1.58. The molecular formula is C26H23FN4O3S. The Morgan fingerprint density at radius 3 is 2.23 bits per heavy atom. The average molecular weight is 491 g/mol. The van der Waals surface area contributed by atoms with Crippen LogP contribution in [0.2, 0.25) is 0 Å². The summed E-state index contributed by atoms with van der Waals surface area (Å²) >= 11 is 1.10. The molecule has 178 valence electrons. The van der Waals surface area contributed by atoms with Crippen molar-refractivity contribution >= 4 is 23.6 Å². The molecular weight excluding hydrogens is 467 g/mol. The molecule has 0 N–H and O–H groups in total. The number of hydrogen-bond donors (Lipinski definition) is 0. The maximum Gasteiger partial charge on any atom is 0.317 e. The van der Waals surface area contributed by atoms with E-state index in [4.69, 9.17) is 4.74 Å². The van der Waals surface area contributed by atoms with E-state index in [2.05, 4.69) is 10.2 Å². The van der Waals surface area contributed by atoms with E-state index in [9.17, 15) is 14.0 Å². The maximum absolute atomic E-state index is 14.5. The number of aromatic nitrogens is 3. The summed E-state index contributed by atoms with van der Waals surface area (Å²) in [5.41, 5.74) is 1.59. The van der Waals surface area contributed by atoms with Gasteiger partial charge in [-0.25, -0.2) is 4.39 Å². The van der Waals surface area contributed by atoms with E-state index >= 15 is 0 Å². The summed E-state index contributed by atoms with van der Waals surface area (Å²) in [5.74, 6) is -1.17. The number of amides is 1. The monoisotopic (exact) mass is 490 g/mol. The van der Waals surface area contributed by atoms with Gasteiger partial charge in [0.05, 0.1) is 11.3 Å². The lowest BCUT2D eigenvalue weighted by atomic mass is 10.1. The van der Waals surface area contributed by atoms with Crippen molar-refractivity contribution in [3.8, 4) is 17.1 Å². The van der Waals surface area contributed by atoms with Crippen molar-refractivity contribution in [2.24, 2.45) is 0 Å². The van der Waals surface area contributed by atoms with Crippen molar-refractivity contribution < 1.29 is 18.7 Å². The van der Waals surface area contributed by atoms with Gasteiger partial charge in [-0.15, -0.1) is 10.2 Å². The van der Waals surface area contributed by atoms with Gasteiger partial charge in [-0.2, -0.15) is 0 Å². The van der Waals surface area contributed by atoms with Gasteiger partial charge in [-0.05, 0) is 24.3 Å². The van der Waals surface area contributed by atoms with Gasteiger partial charge >= 0.3 is 5.97 Å². The lowest BCUT2D eigenvalue weighted by molar-refractivity contribution is -0.157. The van der Waals surface area contributed by atoms with Gasteiger partial charge in [-0.1, -0.05) is 72.4 Å². The first-order valence-corrected chi connectivity index (χ1v) is 11.8. The number of thioether (sulfide) groups is 1. The van der Waals surface area contributed by atoms with Gasteiger partial charge in [0.15, 0.2) is 11.0 Å². The minimum absolute atomic E-state index is 0.119. The molecule has 35 heavy (non-hydrogen) atoms. The van der Waals surface area contributed by atoms with Crippen LogP contribution in [-0.2, 0) is 14.3 Å². The highest BCUT2D eigenvalue weighted by Crippen LogP contribution is 2.30. The predicted octanol–water partition coefficient (Wildman–Crippen LogP) is 4.54. The van der Waals surface area contributed by atoms with Crippen LogP contribution in [0.4, 0.5) is 4.39 Å². The number of para-hydroxylation sites is 1. The topological polar surface area (TPSA) is 77.3 Å². The fourth-order valence-corrected chi connectivity index (χ4v) is 4.14. The zero-order valence-electron chi connectivity index (χ0n) is 19.2. The first-order chi connectivity index (χ1) is 17.0. The molecule has 0 aliphatic rings. The Bertz CT molecular complexity index is 1310.